The minimum Gasteiger partial charge on any atom is -0.481 e. The molecule has 110 valence electrons. The summed E-state index contributed by atoms with van der Waals surface area (Å²) in [5.74, 6) is -1.12. The Balaban J connectivity index is 1.75. The van der Waals surface area contributed by atoms with Crippen LogP contribution < -0.4 is 4.90 Å². The number of hydrogen-bond donors (Lipinski definition) is 1. The van der Waals surface area contributed by atoms with Crippen LogP contribution in [0, 0.1) is 0 Å². The smallest absolute Gasteiger partial charge is 0.312 e. The van der Waals surface area contributed by atoms with Crippen molar-refractivity contribution in [3.8, 4) is 0 Å². The molecule has 2 aliphatic rings. The third-order valence-electron chi connectivity index (χ3n) is 4.54. The Morgan fingerprint density at radius 2 is 2.10 bits per heavy atom. The number of nitrogens with zero attached hydrogens (tertiary/aromatic N) is 3. The van der Waals surface area contributed by atoms with Gasteiger partial charge in [0.1, 0.15) is 5.92 Å². The lowest BCUT2D eigenvalue weighted by atomic mass is 10.0. The molecule has 1 aliphatic carbocycles. The lowest BCUT2D eigenvalue weighted by molar-refractivity contribution is -0.138. The number of hydrogen-bond acceptors (Lipinski definition) is 5. The maximum atomic E-state index is 11.2. The second-order valence-corrected chi connectivity index (χ2v) is 6.94. The normalized spacial score (nSPS) is 23.8. The number of likely N-dealkylation sites (tertiary alicyclic amines) is 1. The SMILES string of the molecule is CN1CCC(N(C)c2nc3c(s2)CCC3C(=O)O)CC1. The van der Waals surface area contributed by atoms with E-state index in [0.29, 0.717) is 12.5 Å². The first-order valence-electron chi connectivity index (χ1n) is 7.20. The van der Waals surface area contributed by atoms with Crippen LogP contribution in [0.25, 0.3) is 0 Å². The molecular formula is C14H21N3O2S. The summed E-state index contributed by atoms with van der Waals surface area (Å²) < 4.78 is 0. The molecule has 1 aliphatic heterocycles. The first-order valence-corrected chi connectivity index (χ1v) is 8.01. The van der Waals surface area contributed by atoms with Gasteiger partial charge >= 0.3 is 5.97 Å². The highest BCUT2D eigenvalue weighted by Gasteiger charge is 2.33. The average Bonchev–Trinajstić information content (AvgIpc) is 2.97. The van der Waals surface area contributed by atoms with Crippen molar-refractivity contribution < 1.29 is 9.90 Å². The van der Waals surface area contributed by atoms with Crippen molar-refractivity contribution in [1.29, 1.82) is 0 Å². The molecule has 6 heteroatoms. The predicted molar refractivity (Wildman–Crippen MR) is 79.7 cm³/mol. The van der Waals surface area contributed by atoms with Gasteiger partial charge in [0.05, 0.1) is 5.69 Å². The topological polar surface area (TPSA) is 56.7 Å². The van der Waals surface area contributed by atoms with Gasteiger partial charge in [-0.05, 0) is 45.8 Å². The Kier molecular flexibility index (Phi) is 3.69. The fourth-order valence-corrected chi connectivity index (χ4v) is 4.31. The third-order valence-corrected chi connectivity index (χ3v) is 5.76. The number of anilines is 1. The van der Waals surface area contributed by atoms with Gasteiger partial charge in [0.25, 0.3) is 0 Å². The number of carboxylic acid groups (broad SMARTS) is 1. The van der Waals surface area contributed by atoms with E-state index in [1.54, 1.807) is 11.3 Å². The minimum atomic E-state index is -0.734. The molecule has 0 spiro atoms. The monoisotopic (exact) mass is 295 g/mol. The van der Waals surface area contributed by atoms with Crippen LogP contribution in [-0.4, -0.2) is 54.2 Å². The Bertz CT molecular complexity index is 509. The molecule has 1 saturated heterocycles. The van der Waals surface area contributed by atoms with Crippen LogP contribution in [0.2, 0.25) is 0 Å². The molecule has 0 bridgehead atoms. The molecule has 0 saturated carbocycles. The van der Waals surface area contributed by atoms with Gasteiger partial charge in [-0.25, -0.2) is 4.98 Å². The third kappa shape index (κ3) is 2.42. The van der Waals surface area contributed by atoms with Crippen LogP contribution in [0.4, 0.5) is 5.13 Å². The molecule has 1 unspecified atom stereocenters. The van der Waals surface area contributed by atoms with Gasteiger partial charge in [0, 0.05) is 18.0 Å². The average molecular weight is 295 g/mol. The van der Waals surface area contributed by atoms with E-state index in [1.165, 1.54) is 4.88 Å². The Morgan fingerprint density at radius 3 is 2.75 bits per heavy atom. The summed E-state index contributed by atoms with van der Waals surface area (Å²) in [5.41, 5.74) is 0.817. The van der Waals surface area contributed by atoms with Gasteiger partial charge < -0.3 is 14.9 Å². The molecule has 5 nitrogen and oxygen atoms in total. The standard InChI is InChI=1S/C14H21N3O2S/c1-16-7-5-9(6-8-16)17(2)14-15-12-10(13(18)19)3-4-11(12)20-14/h9-10H,3-8H2,1-2H3,(H,18,19). The largest absolute Gasteiger partial charge is 0.481 e. The molecule has 1 aromatic heterocycles. The van der Waals surface area contributed by atoms with E-state index in [1.807, 2.05) is 0 Å². The summed E-state index contributed by atoms with van der Waals surface area (Å²) in [6.45, 7) is 2.25. The molecule has 0 amide bonds. The molecule has 1 N–H and O–H groups in total. The number of fused-ring (bicyclic) bond motifs is 1. The number of thiazole rings is 1. The summed E-state index contributed by atoms with van der Waals surface area (Å²) in [6.07, 6.45) is 3.88. The quantitative estimate of drug-likeness (QED) is 0.921. The van der Waals surface area contributed by atoms with Gasteiger partial charge in [-0.1, -0.05) is 0 Å². The number of carbonyl (C=O) groups is 1. The molecule has 1 atom stereocenters. The van der Waals surface area contributed by atoms with Crippen molar-refractivity contribution >= 4 is 22.4 Å². The Hall–Kier alpha value is -1.14. The van der Waals surface area contributed by atoms with Gasteiger partial charge in [-0.2, -0.15) is 0 Å². The van der Waals surface area contributed by atoms with E-state index < -0.39 is 5.97 Å². The molecule has 20 heavy (non-hydrogen) atoms. The fraction of sp³-hybridized carbons (Fsp3) is 0.714. The zero-order valence-corrected chi connectivity index (χ0v) is 12.8. The predicted octanol–water partition coefficient (Wildman–Crippen LogP) is 1.79. The van der Waals surface area contributed by atoms with Crippen LogP contribution in [0.3, 0.4) is 0 Å². The zero-order chi connectivity index (χ0) is 14.3. The summed E-state index contributed by atoms with van der Waals surface area (Å²) in [5, 5.41) is 10.2. The fourth-order valence-electron chi connectivity index (χ4n) is 3.14. The van der Waals surface area contributed by atoms with Crippen molar-refractivity contribution in [3.05, 3.63) is 10.6 Å². The Morgan fingerprint density at radius 1 is 1.40 bits per heavy atom. The van der Waals surface area contributed by atoms with Crippen LogP contribution in [0.15, 0.2) is 0 Å². The maximum Gasteiger partial charge on any atom is 0.312 e. The number of rotatable bonds is 3. The minimum absolute atomic E-state index is 0.388. The highest BCUT2D eigenvalue weighted by atomic mass is 32.1. The number of aliphatic carboxylic acids is 1. The second kappa shape index (κ2) is 5.33. The summed E-state index contributed by atoms with van der Waals surface area (Å²) in [7, 11) is 4.26. The summed E-state index contributed by atoms with van der Waals surface area (Å²) >= 11 is 1.68. The van der Waals surface area contributed by atoms with Crippen LogP contribution in [-0.2, 0) is 11.2 Å². The molecular weight excluding hydrogens is 274 g/mol. The molecule has 0 radical (unpaired) electrons. The zero-order valence-electron chi connectivity index (χ0n) is 12.0. The first kappa shape index (κ1) is 13.8. The van der Waals surface area contributed by atoms with Crippen LogP contribution >= 0.6 is 11.3 Å². The van der Waals surface area contributed by atoms with Crippen molar-refractivity contribution in [1.82, 2.24) is 9.88 Å². The number of piperidine rings is 1. The van der Waals surface area contributed by atoms with E-state index >= 15 is 0 Å². The highest BCUT2D eigenvalue weighted by molar-refractivity contribution is 7.15. The summed E-state index contributed by atoms with van der Waals surface area (Å²) in [4.78, 5) is 21.7. The van der Waals surface area contributed by atoms with E-state index in [2.05, 4.69) is 28.9 Å². The van der Waals surface area contributed by atoms with Gasteiger partial charge in [0.2, 0.25) is 0 Å². The van der Waals surface area contributed by atoms with Crippen molar-refractivity contribution in [2.75, 3.05) is 32.1 Å². The van der Waals surface area contributed by atoms with E-state index in [9.17, 15) is 9.90 Å². The second-order valence-electron chi connectivity index (χ2n) is 5.88. The first-order chi connectivity index (χ1) is 9.56. The van der Waals surface area contributed by atoms with E-state index in [4.69, 9.17) is 0 Å². The molecule has 1 aromatic rings. The van der Waals surface area contributed by atoms with Crippen molar-refractivity contribution in [3.63, 3.8) is 0 Å². The summed E-state index contributed by atoms with van der Waals surface area (Å²) in [6, 6.07) is 0.528. The van der Waals surface area contributed by atoms with Gasteiger partial charge in [-0.15, -0.1) is 11.3 Å². The maximum absolute atomic E-state index is 11.2. The van der Waals surface area contributed by atoms with Gasteiger partial charge in [0.15, 0.2) is 5.13 Å². The highest BCUT2D eigenvalue weighted by Crippen LogP contribution is 2.40. The van der Waals surface area contributed by atoms with E-state index in [0.717, 1.165) is 43.2 Å². The number of aromatic nitrogens is 1. The number of carboxylic acids is 1. The van der Waals surface area contributed by atoms with Crippen LogP contribution in [0.5, 0.6) is 0 Å². The lowest BCUT2D eigenvalue weighted by Crippen LogP contribution is -2.42. The van der Waals surface area contributed by atoms with Crippen LogP contribution in [0.1, 0.15) is 35.8 Å². The van der Waals surface area contributed by atoms with E-state index in [-0.39, 0.29) is 5.92 Å². The number of aryl methyl sites for hydroxylation is 1. The molecule has 1 fully saturated rings. The molecule has 3 rings (SSSR count). The van der Waals surface area contributed by atoms with Crippen molar-refractivity contribution in [2.45, 2.75) is 37.6 Å². The molecule has 2 heterocycles. The van der Waals surface area contributed by atoms with Gasteiger partial charge in [-0.3, -0.25) is 4.79 Å². The Labute approximate surface area is 123 Å². The molecule has 0 aromatic carbocycles. The lowest BCUT2D eigenvalue weighted by Gasteiger charge is -2.35. The van der Waals surface area contributed by atoms with Crippen molar-refractivity contribution in [2.24, 2.45) is 0 Å².